The van der Waals surface area contributed by atoms with Gasteiger partial charge < -0.3 is 9.80 Å². The van der Waals surface area contributed by atoms with Gasteiger partial charge in [-0.15, -0.1) is 0 Å². The van der Waals surface area contributed by atoms with Gasteiger partial charge in [0.15, 0.2) is 0 Å². The molecule has 0 saturated carbocycles. The third-order valence-corrected chi connectivity index (χ3v) is 6.78. The van der Waals surface area contributed by atoms with Gasteiger partial charge in [0.1, 0.15) is 0 Å². The van der Waals surface area contributed by atoms with Crippen LogP contribution in [0.2, 0.25) is 0 Å². The molecule has 170 valence electrons. The Bertz CT molecular complexity index is 1170. The summed E-state index contributed by atoms with van der Waals surface area (Å²) < 4.78 is 0. The SMILES string of the molecule is CN1CCCC1C(=O)N1CCN(C(=O)c2ccc(/C=C/c3n[nH]c4ccccc34)cc2)CC1. The van der Waals surface area contributed by atoms with Crippen molar-refractivity contribution in [2.75, 3.05) is 39.8 Å². The van der Waals surface area contributed by atoms with Crippen molar-refractivity contribution in [3.63, 3.8) is 0 Å². The number of carbonyl (C=O) groups excluding carboxylic acids is 2. The van der Waals surface area contributed by atoms with Crippen molar-refractivity contribution in [2.24, 2.45) is 0 Å². The number of nitrogens with zero attached hydrogens (tertiary/aromatic N) is 4. The summed E-state index contributed by atoms with van der Waals surface area (Å²) in [6, 6.07) is 15.7. The van der Waals surface area contributed by atoms with E-state index in [9.17, 15) is 9.59 Å². The van der Waals surface area contributed by atoms with E-state index in [4.69, 9.17) is 0 Å². The highest BCUT2D eigenvalue weighted by Crippen LogP contribution is 2.20. The van der Waals surface area contributed by atoms with Crippen molar-refractivity contribution in [3.05, 3.63) is 65.4 Å². The number of benzene rings is 2. The van der Waals surface area contributed by atoms with Crippen LogP contribution in [0, 0.1) is 0 Å². The maximum absolute atomic E-state index is 13.0. The standard InChI is InChI=1S/C26H29N5O2/c1-29-14-4-7-24(29)26(33)31-17-15-30(16-18-31)25(32)20-11-8-19(9-12-20)10-13-23-21-5-2-3-6-22(21)27-28-23/h2-3,5-6,8-13,24H,4,7,14-18H2,1H3,(H,27,28)/b13-10+. The number of H-pyrrole nitrogens is 1. The second-order valence-corrected chi connectivity index (χ2v) is 8.87. The van der Waals surface area contributed by atoms with Gasteiger partial charge in [0, 0.05) is 37.1 Å². The Kier molecular flexibility index (Phi) is 5.96. The van der Waals surface area contributed by atoms with Gasteiger partial charge in [0.05, 0.1) is 17.3 Å². The molecule has 33 heavy (non-hydrogen) atoms. The number of fused-ring (bicyclic) bond motifs is 1. The third-order valence-electron chi connectivity index (χ3n) is 6.78. The molecule has 7 nitrogen and oxygen atoms in total. The number of carbonyl (C=O) groups is 2. The fraction of sp³-hybridized carbons (Fsp3) is 0.346. The van der Waals surface area contributed by atoms with Crippen LogP contribution < -0.4 is 0 Å². The number of hydrogen-bond donors (Lipinski definition) is 1. The van der Waals surface area contributed by atoms with Crippen molar-refractivity contribution < 1.29 is 9.59 Å². The van der Waals surface area contributed by atoms with Crippen LogP contribution in [0.1, 0.15) is 34.5 Å². The number of likely N-dealkylation sites (N-methyl/N-ethyl adjacent to an activating group) is 1. The number of aromatic nitrogens is 2. The lowest BCUT2D eigenvalue weighted by Gasteiger charge is -2.37. The minimum Gasteiger partial charge on any atom is -0.338 e. The molecule has 2 amide bonds. The van der Waals surface area contributed by atoms with E-state index in [1.165, 1.54) is 0 Å². The zero-order valence-electron chi connectivity index (χ0n) is 18.9. The first-order valence-corrected chi connectivity index (χ1v) is 11.6. The fourth-order valence-corrected chi connectivity index (χ4v) is 4.77. The molecular weight excluding hydrogens is 414 g/mol. The molecule has 1 unspecified atom stereocenters. The molecule has 7 heteroatoms. The second-order valence-electron chi connectivity index (χ2n) is 8.87. The molecule has 0 spiro atoms. The molecule has 1 aromatic heterocycles. The van der Waals surface area contributed by atoms with E-state index < -0.39 is 0 Å². The van der Waals surface area contributed by atoms with E-state index in [0.29, 0.717) is 31.7 Å². The van der Waals surface area contributed by atoms with Gasteiger partial charge >= 0.3 is 0 Å². The first kappa shape index (κ1) is 21.4. The number of aromatic amines is 1. The summed E-state index contributed by atoms with van der Waals surface area (Å²) in [5.41, 5.74) is 3.58. The molecule has 2 aliphatic rings. The van der Waals surface area contributed by atoms with Gasteiger partial charge in [0.25, 0.3) is 5.91 Å². The van der Waals surface area contributed by atoms with Crippen LogP contribution in [0.25, 0.3) is 23.1 Å². The number of likely N-dealkylation sites (tertiary alicyclic amines) is 1. The van der Waals surface area contributed by atoms with E-state index in [0.717, 1.165) is 41.5 Å². The van der Waals surface area contributed by atoms with Gasteiger partial charge in [-0.3, -0.25) is 19.6 Å². The van der Waals surface area contributed by atoms with Gasteiger partial charge in [-0.05, 0) is 56.3 Å². The van der Waals surface area contributed by atoms with Gasteiger partial charge in [-0.2, -0.15) is 5.10 Å². The van der Waals surface area contributed by atoms with Gasteiger partial charge in [-0.25, -0.2) is 0 Å². The summed E-state index contributed by atoms with van der Waals surface area (Å²) in [6.07, 6.45) is 6.00. The molecule has 2 saturated heterocycles. The van der Waals surface area contributed by atoms with E-state index in [2.05, 4.69) is 15.1 Å². The Labute approximate surface area is 193 Å². The summed E-state index contributed by atoms with van der Waals surface area (Å²) in [5, 5.41) is 8.48. The number of para-hydroxylation sites is 1. The number of amides is 2. The van der Waals surface area contributed by atoms with E-state index >= 15 is 0 Å². The molecule has 1 N–H and O–H groups in total. The lowest BCUT2D eigenvalue weighted by molar-refractivity contribution is -0.137. The Balaban J connectivity index is 1.18. The summed E-state index contributed by atoms with van der Waals surface area (Å²) in [4.78, 5) is 31.7. The zero-order valence-corrected chi connectivity index (χ0v) is 18.9. The molecule has 0 radical (unpaired) electrons. The predicted octanol–water partition coefficient (Wildman–Crippen LogP) is 3.11. The molecule has 3 aromatic rings. The highest BCUT2D eigenvalue weighted by atomic mass is 16.2. The summed E-state index contributed by atoms with van der Waals surface area (Å²) >= 11 is 0. The number of nitrogens with one attached hydrogen (secondary N) is 1. The molecule has 0 aliphatic carbocycles. The molecular formula is C26H29N5O2. The molecule has 2 fully saturated rings. The van der Waals surface area contributed by atoms with Gasteiger partial charge in [-0.1, -0.05) is 36.4 Å². The zero-order chi connectivity index (χ0) is 22.8. The first-order chi connectivity index (χ1) is 16.1. The normalized spacial score (nSPS) is 19.6. The van der Waals surface area contributed by atoms with E-state index in [1.807, 2.05) is 77.5 Å². The maximum atomic E-state index is 13.0. The summed E-state index contributed by atoms with van der Waals surface area (Å²) in [7, 11) is 2.02. The number of hydrogen-bond acceptors (Lipinski definition) is 4. The largest absolute Gasteiger partial charge is 0.338 e. The third kappa shape index (κ3) is 4.41. The molecule has 5 rings (SSSR count). The van der Waals surface area contributed by atoms with Crippen molar-refractivity contribution >= 4 is 34.9 Å². The van der Waals surface area contributed by atoms with Crippen molar-refractivity contribution in [2.45, 2.75) is 18.9 Å². The van der Waals surface area contributed by atoms with Crippen LogP contribution in [-0.4, -0.2) is 82.5 Å². The van der Waals surface area contributed by atoms with Crippen molar-refractivity contribution in [1.82, 2.24) is 24.9 Å². The maximum Gasteiger partial charge on any atom is 0.253 e. The second kappa shape index (κ2) is 9.19. The quantitative estimate of drug-likeness (QED) is 0.673. The predicted molar refractivity (Wildman–Crippen MR) is 130 cm³/mol. The van der Waals surface area contributed by atoms with Crippen LogP contribution in [-0.2, 0) is 4.79 Å². The average molecular weight is 444 g/mol. The molecule has 2 aromatic carbocycles. The monoisotopic (exact) mass is 443 g/mol. The van der Waals surface area contributed by atoms with Crippen LogP contribution in [0.15, 0.2) is 48.5 Å². The highest BCUT2D eigenvalue weighted by molar-refractivity contribution is 5.95. The van der Waals surface area contributed by atoms with Crippen molar-refractivity contribution in [3.8, 4) is 0 Å². The van der Waals surface area contributed by atoms with Gasteiger partial charge in [0.2, 0.25) is 5.91 Å². The van der Waals surface area contributed by atoms with Crippen LogP contribution in [0.3, 0.4) is 0 Å². The Morgan fingerprint density at radius 3 is 2.39 bits per heavy atom. The lowest BCUT2D eigenvalue weighted by atomic mass is 10.1. The lowest BCUT2D eigenvalue weighted by Crippen LogP contribution is -2.54. The average Bonchev–Trinajstić information content (AvgIpc) is 3.48. The van der Waals surface area contributed by atoms with E-state index in [1.54, 1.807) is 0 Å². The fourth-order valence-electron chi connectivity index (χ4n) is 4.77. The van der Waals surface area contributed by atoms with Crippen molar-refractivity contribution in [1.29, 1.82) is 0 Å². The van der Waals surface area contributed by atoms with E-state index in [-0.39, 0.29) is 17.9 Å². The smallest absolute Gasteiger partial charge is 0.253 e. The van der Waals surface area contributed by atoms with Crippen LogP contribution in [0.4, 0.5) is 0 Å². The summed E-state index contributed by atoms with van der Waals surface area (Å²) in [5.74, 6) is 0.233. The summed E-state index contributed by atoms with van der Waals surface area (Å²) in [6.45, 7) is 3.35. The minimum atomic E-state index is 0.00677. The Hall–Kier alpha value is -3.45. The molecule has 1 atom stereocenters. The topological polar surface area (TPSA) is 72.5 Å². The number of piperazine rings is 1. The molecule has 2 aliphatic heterocycles. The molecule has 3 heterocycles. The Morgan fingerprint density at radius 2 is 1.67 bits per heavy atom. The first-order valence-electron chi connectivity index (χ1n) is 11.6. The van der Waals surface area contributed by atoms with Crippen LogP contribution >= 0.6 is 0 Å². The van der Waals surface area contributed by atoms with Crippen LogP contribution in [0.5, 0.6) is 0 Å². The Morgan fingerprint density at radius 1 is 0.939 bits per heavy atom. The minimum absolute atomic E-state index is 0.00677. The highest BCUT2D eigenvalue weighted by Gasteiger charge is 2.33. The number of rotatable bonds is 4. The molecule has 0 bridgehead atoms.